The van der Waals surface area contributed by atoms with Gasteiger partial charge in [-0.15, -0.1) is 4.48 Å². The lowest BCUT2D eigenvalue weighted by Crippen LogP contribution is -2.62. The van der Waals surface area contributed by atoms with Gasteiger partial charge in [-0.05, 0) is 72.6 Å². The van der Waals surface area contributed by atoms with E-state index in [1.165, 1.54) is 0 Å². The minimum atomic E-state index is -1.26. The molecule has 1 aliphatic heterocycles. The van der Waals surface area contributed by atoms with Crippen LogP contribution in [0.1, 0.15) is 87.5 Å². The van der Waals surface area contributed by atoms with Gasteiger partial charge >= 0.3 is 12.2 Å². The maximum Gasteiger partial charge on any atom is 0.527 e. The van der Waals surface area contributed by atoms with Crippen molar-refractivity contribution in [2.75, 3.05) is 13.2 Å². The monoisotopic (exact) mass is 455 g/mol. The van der Waals surface area contributed by atoms with Crippen molar-refractivity contribution in [2.45, 2.75) is 111 Å². The number of nitrogens with zero attached hydrogens (tertiary/aromatic N) is 2. The maximum absolute atomic E-state index is 13.6. The van der Waals surface area contributed by atoms with Crippen molar-refractivity contribution < 1.29 is 33.8 Å². The Morgan fingerprint density at radius 1 is 1.06 bits per heavy atom. The molecule has 0 bridgehead atoms. The molecule has 184 valence electrons. The quantitative estimate of drug-likeness (QED) is 0.609. The van der Waals surface area contributed by atoms with Gasteiger partial charge in [-0.1, -0.05) is 13.8 Å². The number of ether oxygens (including phenoxy) is 1. The van der Waals surface area contributed by atoms with Gasteiger partial charge < -0.3 is 19.8 Å². The Balaban J connectivity index is 2.43. The first-order valence-corrected chi connectivity index (χ1v) is 11.8. The van der Waals surface area contributed by atoms with Gasteiger partial charge in [-0.25, -0.2) is 0 Å². The minimum Gasteiger partial charge on any atom is -0.435 e. The summed E-state index contributed by atoms with van der Waals surface area (Å²) in [7, 11) is 0. The van der Waals surface area contributed by atoms with E-state index in [0.29, 0.717) is 6.42 Å². The van der Waals surface area contributed by atoms with Crippen LogP contribution in [0.25, 0.3) is 0 Å². The third-order valence-corrected chi connectivity index (χ3v) is 7.23. The summed E-state index contributed by atoms with van der Waals surface area (Å²) in [6, 6.07) is -0.996. The van der Waals surface area contributed by atoms with Crippen molar-refractivity contribution in [1.82, 2.24) is 4.90 Å². The number of carboxylic acid groups (broad SMARTS) is 1. The number of carbonyl (C=O) groups is 3. The number of likely N-dealkylation sites (tertiary alicyclic amines) is 1. The Bertz CT molecular complexity index is 731. The van der Waals surface area contributed by atoms with E-state index in [-0.39, 0.29) is 30.5 Å². The van der Waals surface area contributed by atoms with Gasteiger partial charge in [-0.3, -0.25) is 4.79 Å². The Morgan fingerprint density at radius 2 is 1.59 bits per heavy atom. The van der Waals surface area contributed by atoms with Crippen molar-refractivity contribution in [2.24, 2.45) is 10.8 Å². The summed E-state index contributed by atoms with van der Waals surface area (Å²) in [5, 5.41) is 20.0. The van der Waals surface area contributed by atoms with Crippen LogP contribution in [0.15, 0.2) is 0 Å². The van der Waals surface area contributed by atoms with Crippen molar-refractivity contribution in [3.8, 4) is 0 Å². The molecule has 1 saturated carbocycles. The highest BCUT2D eigenvalue weighted by Gasteiger charge is 2.61. The first kappa shape index (κ1) is 26.6. The maximum atomic E-state index is 13.6. The van der Waals surface area contributed by atoms with Gasteiger partial charge in [0.2, 0.25) is 5.91 Å². The van der Waals surface area contributed by atoms with Gasteiger partial charge in [0.15, 0.2) is 0 Å². The number of amides is 3. The molecule has 0 aromatic carbocycles. The molecule has 0 aromatic heterocycles. The molecular formula is C24H43N2O6+. The number of aliphatic hydroxyl groups is 1. The van der Waals surface area contributed by atoms with Crippen LogP contribution < -0.4 is 0 Å². The number of carbonyl (C=O) groups excluding carboxylic acids is 2. The fourth-order valence-corrected chi connectivity index (χ4v) is 5.01. The molecule has 1 saturated heterocycles. The van der Waals surface area contributed by atoms with Gasteiger partial charge in [0.1, 0.15) is 18.2 Å². The van der Waals surface area contributed by atoms with Crippen molar-refractivity contribution in [3.63, 3.8) is 0 Å². The lowest BCUT2D eigenvalue weighted by atomic mass is 9.74. The molecular weight excluding hydrogens is 412 g/mol. The Kier molecular flexibility index (Phi) is 7.42. The van der Waals surface area contributed by atoms with Crippen LogP contribution in [0, 0.1) is 10.8 Å². The van der Waals surface area contributed by atoms with Crippen LogP contribution in [-0.2, 0) is 9.53 Å². The summed E-state index contributed by atoms with van der Waals surface area (Å²) in [6.45, 7) is 14.4. The van der Waals surface area contributed by atoms with E-state index in [1.54, 1.807) is 41.5 Å². The highest BCUT2D eigenvalue weighted by molar-refractivity contribution is 5.83. The van der Waals surface area contributed by atoms with Crippen LogP contribution >= 0.6 is 0 Å². The van der Waals surface area contributed by atoms with Crippen LogP contribution in [0.3, 0.4) is 0 Å². The number of hydrogen-bond donors (Lipinski definition) is 2. The van der Waals surface area contributed by atoms with E-state index in [1.807, 2.05) is 4.90 Å². The molecule has 0 spiro atoms. The number of rotatable bonds is 4. The zero-order valence-corrected chi connectivity index (χ0v) is 21.1. The Labute approximate surface area is 192 Å². The van der Waals surface area contributed by atoms with Crippen LogP contribution in [0.2, 0.25) is 0 Å². The van der Waals surface area contributed by atoms with Crippen LogP contribution in [0.4, 0.5) is 9.59 Å². The molecule has 2 rings (SSSR count). The second kappa shape index (κ2) is 8.93. The fourth-order valence-electron chi connectivity index (χ4n) is 5.01. The molecule has 0 aromatic rings. The summed E-state index contributed by atoms with van der Waals surface area (Å²) in [4.78, 5) is 41.0. The number of imide groups is 1. The van der Waals surface area contributed by atoms with Crippen molar-refractivity contribution >= 4 is 18.1 Å². The molecule has 2 unspecified atom stereocenters. The predicted octanol–water partition coefficient (Wildman–Crippen LogP) is 4.39. The molecule has 2 fully saturated rings. The smallest absolute Gasteiger partial charge is 0.435 e. The molecule has 1 heterocycles. The average Bonchev–Trinajstić information content (AvgIpc) is 2.99. The average molecular weight is 456 g/mol. The molecule has 8 nitrogen and oxygen atoms in total. The highest BCUT2D eigenvalue weighted by Crippen LogP contribution is 2.41. The molecule has 0 radical (unpaired) electrons. The third kappa shape index (κ3) is 5.28. The van der Waals surface area contributed by atoms with E-state index in [0.717, 1.165) is 25.7 Å². The first-order chi connectivity index (χ1) is 14.5. The van der Waals surface area contributed by atoms with E-state index in [4.69, 9.17) is 4.74 Å². The SMILES string of the molecule is C[C@@H]1CC(N(C(=O)C(C)(C)CO)C2CCC(C)(C)CC2)C[N+]1(C(=O)O)C(=O)OC(C)(C)C. The van der Waals surface area contributed by atoms with Gasteiger partial charge in [0.05, 0.1) is 18.1 Å². The van der Waals surface area contributed by atoms with Gasteiger partial charge in [0, 0.05) is 12.5 Å². The zero-order valence-electron chi connectivity index (χ0n) is 21.1. The third-order valence-electron chi connectivity index (χ3n) is 7.23. The molecule has 2 N–H and O–H groups in total. The summed E-state index contributed by atoms with van der Waals surface area (Å²) in [5.41, 5.74) is -1.60. The minimum absolute atomic E-state index is 0.0292. The van der Waals surface area contributed by atoms with Gasteiger partial charge in [0.25, 0.3) is 0 Å². The predicted molar refractivity (Wildman–Crippen MR) is 121 cm³/mol. The summed E-state index contributed by atoms with van der Waals surface area (Å²) in [6.07, 6.45) is 1.92. The van der Waals surface area contributed by atoms with E-state index < -0.39 is 39.8 Å². The molecule has 3 amide bonds. The van der Waals surface area contributed by atoms with Crippen molar-refractivity contribution in [3.05, 3.63) is 0 Å². The molecule has 1 aliphatic carbocycles. The number of hydrogen-bond acceptors (Lipinski definition) is 5. The topological polar surface area (TPSA) is 104 Å². The second-order valence-electron chi connectivity index (χ2n) is 12.2. The summed E-state index contributed by atoms with van der Waals surface area (Å²) < 4.78 is 4.67. The number of aliphatic hydroxyl groups excluding tert-OH is 1. The van der Waals surface area contributed by atoms with Crippen LogP contribution in [-0.4, -0.2) is 74.6 Å². The summed E-state index contributed by atoms with van der Waals surface area (Å²) in [5.74, 6) is -0.184. The van der Waals surface area contributed by atoms with E-state index >= 15 is 0 Å². The lowest BCUT2D eigenvalue weighted by Gasteiger charge is -2.44. The summed E-state index contributed by atoms with van der Waals surface area (Å²) >= 11 is 0. The van der Waals surface area contributed by atoms with Gasteiger partial charge in [-0.2, -0.15) is 9.59 Å². The Morgan fingerprint density at radius 3 is 2.03 bits per heavy atom. The molecule has 8 heteroatoms. The standard InChI is InChI=1S/C24H42N2O6/c1-16-13-18(14-26(16,20(29)30)21(31)32-22(2,3)4)25(19(28)24(7,8)15-27)17-9-11-23(5,6)12-10-17/h16-18,27H,9-15H2,1-8H3/p+1/t16-,18?,26?/m1/s1. The molecule has 32 heavy (non-hydrogen) atoms. The first-order valence-electron chi connectivity index (χ1n) is 11.8. The number of quaternary nitrogens is 1. The largest absolute Gasteiger partial charge is 0.527 e. The van der Waals surface area contributed by atoms with Crippen LogP contribution in [0.5, 0.6) is 0 Å². The van der Waals surface area contributed by atoms with E-state index in [2.05, 4.69) is 13.8 Å². The van der Waals surface area contributed by atoms with E-state index in [9.17, 15) is 24.6 Å². The second-order valence-corrected chi connectivity index (χ2v) is 12.2. The normalized spacial score (nSPS) is 28.9. The highest BCUT2D eigenvalue weighted by atomic mass is 16.6. The molecule has 2 aliphatic rings. The molecule has 3 atom stereocenters. The van der Waals surface area contributed by atoms with Crippen molar-refractivity contribution in [1.29, 1.82) is 0 Å². The zero-order chi connectivity index (χ0) is 24.7. The fraction of sp³-hybridized carbons (Fsp3) is 0.875. The lowest BCUT2D eigenvalue weighted by molar-refractivity contribution is -0.797. The Hall–Kier alpha value is -1.67.